The Labute approximate surface area is 131 Å². The Morgan fingerprint density at radius 3 is 2.31 bits per heavy atom. The minimum atomic E-state index is 0. The van der Waals surface area contributed by atoms with Crippen molar-refractivity contribution in [3.05, 3.63) is 5.32 Å². The van der Waals surface area contributed by atoms with Gasteiger partial charge in [0.1, 0.15) is 0 Å². The molecular weight excluding hydrogens is 234 g/mol. The van der Waals surface area contributed by atoms with Gasteiger partial charge in [-0.2, -0.15) is 7.05 Å². The quantitative estimate of drug-likeness (QED) is 0.672. The van der Waals surface area contributed by atoms with Crippen LogP contribution in [0.1, 0.15) is 40.0 Å². The molecule has 0 amide bonds. The Kier molecular flexibility index (Phi) is 7.18. The van der Waals surface area contributed by atoms with E-state index in [2.05, 4.69) is 31.4 Å². The second kappa shape index (κ2) is 6.34. The Bertz CT molecular complexity index is 142. The van der Waals surface area contributed by atoms with Gasteiger partial charge in [-0.15, -0.1) is 0 Å². The summed E-state index contributed by atoms with van der Waals surface area (Å²) in [6.07, 6.45) is 4.23. The van der Waals surface area contributed by atoms with E-state index in [1.807, 2.05) is 7.05 Å². The molecule has 72 valence electrons. The van der Waals surface area contributed by atoms with Crippen LogP contribution in [0.5, 0.6) is 0 Å². The molecule has 1 aliphatic rings. The number of hydrogen-bond acceptors (Lipinski definition) is 1. The van der Waals surface area contributed by atoms with Crippen LogP contribution >= 0.6 is 0 Å². The summed E-state index contributed by atoms with van der Waals surface area (Å²) >= 11 is 0. The molecule has 1 fully saturated rings. The fourth-order valence-corrected chi connectivity index (χ4v) is 1.80. The summed E-state index contributed by atoms with van der Waals surface area (Å²) in [6.45, 7) is 6.88. The first-order valence-corrected chi connectivity index (χ1v) is 4.89. The van der Waals surface area contributed by atoms with E-state index >= 15 is 0 Å². The zero-order valence-corrected chi connectivity index (χ0v) is 14.6. The molecule has 0 aromatic heterocycles. The summed E-state index contributed by atoms with van der Waals surface area (Å²) in [5.41, 5.74) is 0.378. The molecular formula is C10H21N2Rb. The van der Waals surface area contributed by atoms with Gasteiger partial charge in [0.25, 0.3) is 0 Å². The van der Waals surface area contributed by atoms with E-state index in [0.29, 0.717) is 17.6 Å². The minimum absolute atomic E-state index is 0. The molecule has 0 bridgehead atoms. The maximum Gasteiger partial charge on any atom is 1.00 e. The second-order valence-electron chi connectivity index (χ2n) is 4.79. The number of rotatable bonds is 1. The Hall–Kier alpha value is 1.73. The maximum atomic E-state index is 4.30. The first kappa shape index (κ1) is 14.7. The van der Waals surface area contributed by atoms with Gasteiger partial charge < -0.3 is 10.6 Å². The molecule has 0 saturated carbocycles. The maximum absolute atomic E-state index is 4.30. The molecule has 0 aromatic carbocycles. The van der Waals surface area contributed by atoms with Crippen LogP contribution in [0.4, 0.5) is 0 Å². The average Bonchev–Trinajstić information content (AvgIpc) is 2.03. The van der Waals surface area contributed by atoms with Gasteiger partial charge in [-0.25, -0.2) is 0 Å². The average molecular weight is 255 g/mol. The monoisotopic (exact) mass is 254 g/mol. The predicted octanol–water partition coefficient (Wildman–Crippen LogP) is -0.492. The molecule has 2 unspecified atom stereocenters. The normalized spacial score (nSPS) is 29.5. The van der Waals surface area contributed by atoms with Gasteiger partial charge in [0.15, 0.2) is 0 Å². The van der Waals surface area contributed by atoms with Gasteiger partial charge in [0.2, 0.25) is 0 Å². The molecule has 2 atom stereocenters. The van der Waals surface area contributed by atoms with Crippen LogP contribution in [0, 0.1) is 5.41 Å². The largest absolute Gasteiger partial charge is 1.00 e. The third kappa shape index (κ3) is 4.85. The van der Waals surface area contributed by atoms with Crippen molar-refractivity contribution in [3.8, 4) is 0 Å². The van der Waals surface area contributed by atoms with Crippen molar-refractivity contribution in [2.24, 2.45) is 5.41 Å². The summed E-state index contributed by atoms with van der Waals surface area (Å²) in [5.74, 6) is 0. The van der Waals surface area contributed by atoms with Crippen LogP contribution in [0.2, 0.25) is 0 Å². The number of nitrogens with one attached hydrogen (secondary N) is 1. The summed E-state index contributed by atoms with van der Waals surface area (Å²) in [4.78, 5) is 0. The van der Waals surface area contributed by atoms with E-state index in [0.717, 1.165) is 0 Å². The minimum Gasteiger partial charge on any atom is -0.650 e. The molecule has 3 heteroatoms. The van der Waals surface area contributed by atoms with Crippen LogP contribution in [-0.2, 0) is 0 Å². The van der Waals surface area contributed by atoms with E-state index in [9.17, 15) is 0 Å². The third-order valence-corrected chi connectivity index (χ3v) is 2.72. The first-order chi connectivity index (χ1) is 5.54. The van der Waals surface area contributed by atoms with Crippen molar-refractivity contribution in [2.75, 3.05) is 7.05 Å². The number of hydrogen-bond donors (Lipinski definition) is 1. The molecule has 1 N–H and O–H groups in total. The van der Waals surface area contributed by atoms with Crippen molar-refractivity contribution >= 4 is 0 Å². The molecule has 2 nitrogen and oxygen atoms in total. The zero-order valence-electron chi connectivity index (χ0n) is 9.72. The molecule has 0 aromatic rings. The van der Waals surface area contributed by atoms with Gasteiger partial charge in [0, 0.05) is 6.04 Å². The van der Waals surface area contributed by atoms with E-state index in [4.69, 9.17) is 0 Å². The van der Waals surface area contributed by atoms with E-state index < -0.39 is 0 Å². The first-order valence-electron chi connectivity index (χ1n) is 4.89. The predicted molar refractivity (Wildman–Crippen MR) is 53.3 cm³/mol. The van der Waals surface area contributed by atoms with Crippen LogP contribution in [0.15, 0.2) is 0 Å². The summed E-state index contributed by atoms with van der Waals surface area (Å²) in [7, 11) is 1.91. The topological polar surface area (TPSA) is 26.1 Å². The van der Waals surface area contributed by atoms with Crippen LogP contribution in [0.25, 0.3) is 5.32 Å². The molecule has 1 rings (SSSR count). The van der Waals surface area contributed by atoms with Crippen molar-refractivity contribution in [2.45, 2.75) is 52.2 Å². The molecule has 0 aliphatic carbocycles. The van der Waals surface area contributed by atoms with Gasteiger partial charge >= 0.3 is 58.2 Å². The van der Waals surface area contributed by atoms with Crippen molar-refractivity contribution in [1.29, 1.82) is 0 Å². The van der Waals surface area contributed by atoms with Gasteiger partial charge in [-0.3, -0.25) is 0 Å². The van der Waals surface area contributed by atoms with Crippen LogP contribution in [-0.4, -0.2) is 19.3 Å². The van der Waals surface area contributed by atoms with Crippen LogP contribution in [0.3, 0.4) is 0 Å². The van der Waals surface area contributed by atoms with Crippen LogP contribution < -0.4 is 63.5 Å². The SMILES string of the molecule is C[N-]C1CCCC(C(C)(C)C)N1.[Rb+]. The Morgan fingerprint density at radius 2 is 1.85 bits per heavy atom. The van der Waals surface area contributed by atoms with E-state index in [1.165, 1.54) is 19.3 Å². The van der Waals surface area contributed by atoms with Crippen molar-refractivity contribution < 1.29 is 58.2 Å². The molecule has 0 radical (unpaired) electrons. The van der Waals surface area contributed by atoms with Crippen molar-refractivity contribution in [3.63, 3.8) is 0 Å². The summed E-state index contributed by atoms with van der Waals surface area (Å²) in [6, 6.07) is 0.639. The third-order valence-electron chi connectivity index (χ3n) is 2.72. The smallest absolute Gasteiger partial charge is 0.650 e. The standard InChI is InChI=1S/C10H21N2.Rb/c1-10(2,3)8-6-5-7-9(11-4)12-8;/h8-9,12H,5-7H2,1-4H3;/q-1;+1. The summed E-state index contributed by atoms with van der Waals surface area (Å²) < 4.78 is 0. The second-order valence-corrected chi connectivity index (χ2v) is 4.79. The number of nitrogens with zero attached hydrogens (tertiary/aromatic N) is 1. The fourth-order valence-electron chi connectivity index (χ4n) is 1.80. The van der Waals surface area contributed by atoms with Crippen molar-refractivity contribution in [1.82, 2.24) is 5.32 Å². The molecule has 1 saturated heterocycles. The van der Waals surface area contributed by atoms with Gasteiger partial charge in [-0.05, 0) is 11.8 Å². The van der Waals surface area contributed by atoms with Gasteiger partial charge in [0.05, 0.1) is 0 Å². The fraction of sp³-hybridized carbons (Fsp3) is 1.00. The van der Waals surface area contributed by atoms with E-state index in [-0.39, 0.29) is 58.2 Å². The zero-order chi connectivity index (χ0) is 9.19. The van der Waals surface area contributed by atoms with E-state index in [1.54, 1.807) is 0 Å². The molecule has 13 heavy (non-hydrogen) atoms. The number of piperidine rings is 1. The Morgan fingerprint density at radius 1 is 1.23 bits per heavy atom. The molecule has 1 heterocycles. The molecule has 1 aliphatic heterocycles. The Balaban J connectivity index is 0.00000144. The molecule has 0 spiro atoms. The van der Waals surface area contributed by atoms with Gasteiger partial charge in [-0.1, -0.05) is 39.8 Å². The summed E-state index contributed by atoms with van der Waals surface area (Å²) in [5, 5.41) is 7.88.